The molecule has 0 aliphatic heterocycles. The van der Waals surface area contributed by atoms with E-state index in [1.165, 1.54) is 96.2 Å². The maximum absolute atomic E-state index is 6.47. The number of hydrogen-bond donors (Lipinski definition) is 0. The van der Waals surface area contributed by atoms with E-state index in [4.69, 9.17) is 33.8 Å². The summed E-state index contributed by atoms with van der Waals surface area (Å²) in [6.45, 7) is 0. The van der Waals surface area contributed by atoms with Gasteiger partial charge in [0.25, 0.3) is 0 Å². The molecule has 149 heavy (non-hydrogen) atoms. The highest BCUT2D eigenvalue weighted by molar-refractivity contribution is 7.25. The molecule has 0 radical (unpaired) electrons. The minimum Gasteiger partial charge on any atom is -0.456 e. The van der Waals surface area contributed by atoms with Gasteiger partial charge >= 0.3 is 0 Å². The second kappa shape index (κ2) is 36.8. The third-order valence-corrected chi connectivity index (χ3v) is 35.3. The Morgan fingerprint density at radius 2 is 0.591 bits per heavy atom. The Labute approximate surface area is 862 Å². The molecule has 0 saturated carbocycles. The largest absolute Gasteiger partial charge is 0.456 e. The van der Waals surface area contributed by atoms with Crippen molar-refractivity contribution in [2.45, 2.75) is 0 Å². The minimum absolute atomic E-state index is 0.600. The van der Waals surface area contributed by atoms with Crippen molar-refractivity contribution in [3.8, 4) is 107 Å². The van der Waals surface area contributed by atoms with Gasteiger partial charge < -0.3 is 13.4 Å². The highest BCUT2D eigenvalue weighted by Crippen LogP contribution is 2.47. The zero-order valence-corrected chi connectivity index (χ0v) is 82.4. The van der Waals surface area contributed by atoms with Gasteiger partial charge in [0.1, 0.15) is 22.3 Å². The van der Waals surface area contributed by atoms with Crippen molar-refractivity contribution in [3.05, 3.63) is 534 Å². The predicted octanol–water partition coefficient (Wildman–Crippen LogP) is 33.4. The molecule has 0 unspecified atom stereocenters. The van der Waals surface area contributed by atoms with Crippen molar-refractivity contribution in [1.29, 1.82) is 0 Å². The lowest BCUT2D eigenvalue weighted by Gasteiger charge is -2.34. The van der Waals surface area contributed by atoms with Gasteiger partial charge in [0.2, 0.25) is 11.9 Å². The summed E-state index contributed by atoms with van der Waals surface area (Å²) in [5.74, 6) is 2.54. The van der Waals surface area contributed by atoms with Gasteiger partial charge in [-0.15, -0.1) is 11.3 Å². The predicted molar refractivity (Wildman–Crippen MR) is 623 cm³/mol. The molecule has 30 aromatic rings. The average Bonchev–Trinajstić information content (AvgIpc) is 1.65. The molecule has 0 bridgehead atoms. The summed E-state index contributed by atoms with van der Waals surface area (Å²) in [6.07, 6.45) is 0. The molecule has 0 spiro atoms. The SMILES string of the molecule is c1ccc(-c2cc(-c3ccccc3)cc(-n3c4ccc(-c5ccc6oc7ccccc7c6c5)cc4c4cc([Si](c5ccccc5)(c5ccccc5)c5ccccc5)ccc43)c2)cc1.c1ccc(-c2nc(-c3ccccc3)nc(-n3c4ccccc4c4cc(-c5ccc6sc7ccccc7c6c5)ccc43)n2)cc1.c1ccc(-c2nc(-n3c4ccccc4c4c(-c5cccc6c5oc5ccccc56)cccc43)nc3ccccc23)cc1. The molecule has 0 fully saturated rings. The third-order valence-electron chi connectivity index (χ3n) is 29.4. The molecule has 0 aliphatic rings. The molecule has 8 heterocycles. The van der Waals surface area contributed by atoms with Gasteiger partial charge in [-0.2, -0.15) is 9.97 Å². The van der Waals surface area contributed by atoms with Gasteiger partial charge in [-0.05, 0) is 186 Å². The summed E-state index contributed by atoms with van der Waals surface area (Å²) in [5, 5.41) is 20.6. The van der Waals surface area contributed by atoms with Crippen molar-refractivity contribution in [3.63, 3.8) is 0 Å². The topological polar surface area (TPSA) is 106 Å². The standard InChI is InChI=1S/C60H41NOSi.C39H24N4S.C38H23N3O/c1-6-18-42(19-7-1)46-36-47(43-20-8-2-9-21-43)38-48(37-46)61-57-33-30-44(45-31-35-60-56(40-45)53-28-16-17-29-59(53)62-60)39-54(57)55-41-52(32-34-58(55)61)63(49-22-10-3-11-23-49,50-24-12-4-13-25-50)51-26-14-5-15-27-51;1-3-11-25(12-4-1)37-40-38(26-13-5-2-6-14-26)42-39(41-37)43-33-17-9-7-15-29(33)31-23-27(19-21-34(31)43)28-20-22-36-32(24-28)30-16-8-10-18-35(30)44-36;1-2-12-24(13-3-1)36-29-15-4-7-20-31(29)39-38(40-36)41-32-21-8-5-16-30(32)35-26(17-11-22-33(35)41)28-19-10-18-27-25-14-6-9-23-34(25)42-37(27)28/h1-41H;1-24H;1-23H. The molecule has 8 aromatic heterocycles. The van der Waals surface area contributed by atoms with Crippen LogP contribution in [0.1, 0.15) is 0 Å². The van der Waals surface area contributed by atoms with Gasteiger partial charge in [-0.1, -0.05) is 419 Å². The molecule has 0 N–H and O–H groups in total. The van der Waals surface area contributed by atoms with Crippen molar-refractivity contribution in [1.82, 2.24) is 38.6 Å². The second-order valence-corrected chi connectivity index (χ2v) is 42.8. The number of fused-ring (bicyclic) bond motifs is 19. The van der Waals surface area contributed by atoms with E-state index in [1.54, 1.807) is 0 Å². The zero-order valence-electron chi connectivity index (χ0n) is 80.6. The lowest BCUT2D eigenvalue weighted by molar-refractivity contribution is 0.669. The quantitative estimate of drug-likeness (QED) is 0.0743. The average molecular weight is 1940 g/mol. The van der Waals surface area contributed by atoms with Gasteiger partial charge in [0.15, 0.2) is 19.7 Å². The van der Waals surface area contributed by atoms with E-state index in [2.05, 4.69) is 444 Å². The van der Waals surface area contributed by atoms with E-state index in [9.17, 15) is 0 Å². The Balaban J connectivity index is 0.000000111. The van der Waals surface area contributed by atoms with Crippen LogP contribution in [-0.2, 0) is 0 Å². The van der Waals surface area contributed by atoms with Gasteiger partial charge in [0, 0.05) is 107 Å². The fraction of sp³-hybridized carbons (Fsp3) is 0. The monoisotopic (exact) mass is 1940 g/mol. The first-order valence-electron chi connectivity index (χ1n) is 50.4. The smallest absolute Gasteiger partial charge is 0.238 e. The molecular formula is C137H88N8O2SSi. The van der Waals surface area contributed by atoms with Gasteiger partial charge in [-0.3, -0.25) is 9.13 Å². The second-order valence-electron chi connectivity index (χ2n) is 38.0. The van der Waals surface area contributed by atoms with Crippen LogP contribution in [0.4, 0.5) is 0 Å². The molecule has 12 heteroatoms. The lowest BCUT2D eigenvalue weighted by Crippen LogP contribution is -2.74. The summed E-state index contributed by atoms with van der Waals surface area (Å²) in [6, 6.07) is 191. The van der Waals surface area contributed by atoms with E-state index >= 15 is 0 Å². The van der Waals surface area contributed by atoms with E-state index < -0.39 is 8.07 Å². The van der Waals surface area contributed by atoms with E-state index in [0.29, 0.717) is 23.5 Å². The molecule has 0 saturated heterocycles. The van der Waals surface area contributed by atoms with Crippen molar-refractivity contribution >= 4 is 181 Å². The minimum atomic E-state index is -2.83. The Bertz CT molecular complexity index is 10200. The van der Waals surface area contributed by atoms with E-state index in [1.807, 2.05) is 114 Å². The summed E-state index contributed by atoms with van der Waals surface area (Å²) in [4.78, 5) is 25.4. The number of hydrogen-bond acceptors (Lipinski definition) is 8. The Kier molecular flexibility index (Phi) is 21.6. The number of nitrogens with zero attached hydrogens (tertiary/aromatic N) is 8. The maximum atomic E-state index is 6.47. The fourth-order valence-corrected chi connectivity index (χ4v) is 28.4. The summed E-state index contributed by atoms with van der Waals surface area (Å²) >= 11 is 1.85. The molecule has 30 rings (SSSR count). The molecule has 10 nitrogen and oxygen atoms in total. The van der Waals surface area contributed by atoms with Crippen molar-refractivity contribution < 1.29 is 8.83 Å². The first-order chi connectivity index (χ1) is 73.9. The summed E-state index contributed by atoms with van der Waals surface area (Å²) < 4.78 is 22.2. The molecule has 22 aromatic carbocycles. The number of aromatic nitrogens is 8. The highest BCUT2D eigenvalue weighted by Gasteiger charge is 2.42. The Hall–Kier alpha value is -19.4. The molecule has 0 atom stereocenters. The summed E-state index contributed by atoms with van der Waals surface area (Å²) in [7, 11) is -2.83. The van der Waals surface area contributed by atoms with Crippen LogP contribution in [0.2, 0.25) is 0 Å². The lowest BCUT2D eigenvalue weighted by atomic mass is 9.97. The molecule has 698 valence electrons. The van der Waals surface area contributed by atoms with Crippen LogP contribution in [0.15, 0.2) is 543 Å². The third kappa shape index (κ3) is 15.3. The number of benzene rings is 22. The maximum Gasteiger partial charge on any atom is 0.238 e. The van der Waals surface area contributed by atoms with Gasteiger partial charge in [-0.25, -0.2) is 15.0 Å². The van der Waals surface area contributed by atoms with E-state index in [-0.39, 0.29) is 0 Å². The number of rotatable bonds is 15. The van der Waals surface area contributed by atoms with Crippen LogP contribution in [0, 0.1) is 0 Å². The first kappa shape index (κ1) is 87.4. The van der Waals surface area contributed by atoms with Crippen LogP contribution in [-0.4, -0.2) is 46.7 Å². The molecular weight excluding hydrogens is 1850 g/mol. The van der Waals surface area contributed by atoms with Crippen LogP contribution in [0.25, 0.3) is 248 Å². The Morgan fingerprint density at radius 1 is 0.195 bits per heavy atom. The normalized spacial score (nSPS) is 11.8. The zero-order chi connectivity index (χ0) is 98.4. The first-order valence-corrected chi connectivity index (χ1v) is 53.2. The summed E-state index contributed by atoms with van der Waals surface area (Å²) in [5.41, 5.74) is 27.7. The highest BCUT2D eigenvalue weighted by atomic mass is 32.1. The number of furan rings is 2. The molecule has 0 amide bonds. The van der Waals surface area contributed by atoms with E-state index in [0.717, 1.165) is 149 Å². The fourth-order valence-electron chi connectivity index (χ4n) is 22.6. The van der Waals surface area contributed by atoms with Crippen LogP contribution in [0.5, 0.6) is 0 Å². The van der Waals surface area contributed by atoms with Crippen molar-refractivity contribution in [2.24, 2.45) is 0 Å². The number of para-hydroxylation sites is 6. The van der Waals surface area contributed by atoms with Crippen LogP contribution in [0.3, 0.4) is 0 Å². The van der Waals surface area contributed by atoms with Crippen LogP contribution >= 0.6 is 11.3 Å². The molecule has 0 aliphatic carbocycles. The van der Waals surface area contributed by atoms with Crippen LogP contribution < -0.4 is 20.7 Å². The van der Waals surface area contributed by atoms with Gasteiger partial charge in [0.05, 0.1) is 44.3 Å². The van der Waals surface area contributed by atoms with Crippen molar-refractivity contribution in [2.75, 3.05) is 0 Å². The number of thiophene rings is 1. The Morgan fingerprint density at radius 3 is 1.20 bits per heavy atom.